The number of benzene rings is 1. The molecule has 0 saturated carbocycles. The molecule has 0 fully saturated rings. The van der Waals surface area contributed by atoms with Gasteiger partial charge in [0.25, 0.3) is 0 Å². The number of rotatable bonds is 5. The first-order valence-corrected chi connectivity index (χ1v) is 5.11. The van der Waals surface area contributed by atoms with E-state index in [2.05, 4.69) is 0 Å². The molecule has 0 aliphatic heterocycles. The smallest absolute Gasteiger partial charge is 0.339 e. The molecule has 0 spiro atoms. The Morgan fingerprint density at radius 1 is 1.39 bits per heavy atom. The van der Waals surface area contributed by atoms with Gasteiger partial charge in [-0.1, -0.05) is 30.3 Å². The fraction of sp³-hybridized carbons (Fsp3) is 0.250. The van der Waals surface area contributed by atoms with Crippen LogP contribution < -0.4 is 5.73 Å². The molecule has 1 unspecified atom stereocenters. The SMILES string of the molecule is N#CCC(N)(C(=O)O)C(=O)OCc1ccccc1. The number of carboxylic acids is 1. The summed E-state index contributed by atoms with van der Waals surface area (Å²) < 4.78 is 4.81. The van der Waals surface area contributed by atoms with Gasteiger partial charge in [0, 0.05) is 0 Å². The van der Waals surface area contributed by atoms with Gasteiger partial charge in [0.05, 0.1) is 12.5 Å². The molecule has 1 aromatic rings. The standard InChI is InChI=1S/C12H12N2O4/c13-7-6-12(14,10(15)16)11(17)18-8-9-4-2-1-3-5-9/h1-5H,6,8,14H2,(H,15,16). The van der Waals surface area contributed by atoms with Gasteiger partial charge in [-0.25, -0.2) is 9.59 Å². The van der Waals surface area contributed by atoms with E-state index in [1.54, 1.807) is 36.4 Å². The third-order valence-electron chi connectivity index (χ3n) is 2.32. The lowest BCUT2D eigenvalue weighted by Crippen LogP contribution is -2.55. The highest BCUT2D eigenvalue weighted by molar-refractivity contribution is 6.04. The molecule has 6 nitrogen and oxygen atoms in total. The van der Waals surface area contributed by atoms with Crippen LogP contribution in [0, 0.1) is 11.3 Å². The number of nitrogens with two attached hydrogens (primary N) is 1. The minimum atomic E-state index is -2.32. The zero-order valence-electron chi connectivity index (χ0n) is 9.50. The summed E-state index contributed by atoms with van der Waals surface area (Å²) >= 11 is 0. The van der Waals surface area contributed by atoms with Gasteiger partial charge in [-0.2, -0.15) is 5.26 Å². The van der Waals surface area contributed by atoms with E-state index >= 15 is 0 Å². The number of carboxylic acid groups (broad SMARTS) is 1. The van der Waals surface area contributed by atoms with Gasteiger partial charge in [0.1, 0.15) is 6.61 Å². The molecular formula is C12H12N2O4. The molecule has 0 aliphatic carbocycles. The molecule has 1 atom stereocenters. The third kappa shape index (κ3) is 3.06. The Balaban J connectivity index is 2.70. The van der Waals surface area contributed by atoms with Gasteiger partial charge in [0.15, 0.2) is 0 Å². The molecule has 0 saturated heterocycles. The molecule has 3 N–H and O–H groups in total. The van der Waals surface area contributed by atoms with Gasteiger partial charge < -0.3 is 15.6 Å². The summed E-state index contributed by atoms with van der Waals surface area (Å²) in [6, 6.07) is 10.3. The minimum Gasteiger partial charge on any atom is -0.479 e. The number of carbonyl (C=O) groups excluding carboxylic acids is 1. The summed E-state index contributed by atoms with van der Waals surface area (Å²) in [5, 5.41) is 17.3. The molecule has 1 rings (SSSR count). The van der Waals surface area contributed by atoms with Gasteiger partial charge in [0.2, 0.25) is 5.54 Å². The molecule has 0 radical (unpaired) electrons. The van der Waals surface area contributed by atoms with Gasteiger partial charge in [-0.05, 0) is 5.56 Å². The van der Waals surface area contributed by atoms with Crippen LogP contribution in [0.3, 0.4) is 0 Å². The van der Waals surface area contributed by atoms with Crippen molar-refractivity contribution >= 4 is 11.9 Å². The summed E-state index contributed by atoms with van der Waals surface area (Å²) in [6.07, 6.45) is -0.643. The number of nitriles is 1. The lowest BCUT2D eigenvalue weighted by atomic mass is 9.98. The van der Waals surface area contributed by atoms with E-state index in [-0.39, 0.29) is 6.61 Å². The van der Waals surface area contributed by atoms with Crippen LogP contribution in [0.25, 0.3) is 0 Å². The molecular weight excluding hydrogens is 236 g/mol. The first kappa shape index (κ1) is 13.7. The van der Waals surface area contributed by atoms with Crippen molar-refractivity contribution in [2.24, 2.45) is 5.73 Å². The molecule has 0 amide bonds. The number of hydrogen-bond donors (Lipinski definition) is 2. The van der Waals surface area contributed by atoms with Crippen molar-refractivity contribution in [1.29, 1.82) is 5.26 Å². The molecule has 0 heterocycles. The van der Waals surface area contributed by atoms with Crippen molar-refractivity contribution < 1.29 is 19.4 Å². The van der Waals surface area contributed by atoms with Crippen molar-refractivity contribution in [3.05, 3.63) is 35.9 Å². The molecule has 0 bridgehead atoms. The van der Waals surface area contributed by atoms with Crippen LogP contribution in [0.2, 0.25) is 0 Å². The Bertz CT molecular complexity index is 481. The van der Waals surface area contributed by atoms with Crippen molar-refractivity contribution in [3.8, 4) is 6.07 Å². The Hall–Kier alpha value is -2.39. The van der Waals surface area contributed by atoms with E-state index in [4.69, 9.17) is 20.8 Å². The van der Waals surface area contributed by atoms with E-state index < -0.39 is 23.9 Å². The zero-order valence-corrected chi connectivity index (χ0v) is 9.50. The highest BCUT2D eigenvalue weighted by Gasteiger charge is 2.44. The number of carbonyl (C=O) groups is 2. The summed E-state index contributed by atoms with van der Waals surface area (Å²) in [7, 11) is 0. The largest absolute Gasteiger partial charge is 0.479 e. The van der Waals surface area contributed by atoms with Crippen LogP contribution in [-0.4, -0.2) is 22.6 Å². The highest BCUT2D eigenvalue weighted by atomic mass is 16.5. The third-order valence-corrected chi connectivity index (χ3v) is 2.32. The molecule has 1 aromatic carbocycles. The fourth-order valence-electron chi connectivity index (χ4n) is 1.21. The van der Waals surface area contributed by atoms with Crippen LogP contribution in [-0.2, 0) is 20.9 Å². The molecule has 0 aromatic heterocycles. The van der Waals surface area contributed by atoms with Crippen molar-refractivity contribution in [1.82, 2.24) is 0 Å². The van der Waals surface area contributed by atoms with Crippen molar-refractivity contribution in [2.45, 2.75) is 18.6 Å². The maximum atomic E-state index is 11.6. The number of nitrogens with zero attached hydrogens (tertiary/aromatic N) is 1. The van der Waals surface area contributed by atoms with Gasteiger partial charge in [-0.3, -0.25) is 0 Å². The number of ether oxygens (including phenoxy) is 1. The monoisotopic (exact) mass is 248 g/mol. The van der Waals surface area contributed by atoms with Gasteiger partial charge in [-0.15, -0.1) is 0 Å². The van der Waals surface area contributed by atoms with E-state index in [1.807, 2.05) is 0 Å². The van der Waals surface area contributed by atoms with Crippen LogP contribution in [0.5, 0.6) is 0 Å². The summed E-state index contributed by atoms with van der Waals surface area (Å²) in [5.74, 6) is -2.71. The van der Waals surface area contributed by atoms with Crippen LogP contribution in [0.1, 0.15) is 12.0 Å². The highest BCUT2D eigenvalue weighted by Crippen LogP contribution is 2.11. The molecule has 18 heavy (non-hydrogen) atoms. The van der Waals surface area contributed by atoms with Crippen molar-refractivity contribution in [2.75, 3.05) is 0 Å². The van der Waals surface area contributed by atoms with E-state index in [1.165, 1.54) is 0 Å². The van der Waals surface area contributed by atoms with Gasteiger partial charge >= 0.3 is 11.9 Å². The lowest BCUT2D eigenvalue weighted by Gasteiger charge is -2.19. The van der Waals surface area contributed by atoms with E-state index in [9.17, 15) is 9.59 Å². The second-order valence-electron chi connectivity index (χ2n) is 3.67. The first-order chi connectivity index (χ1) is 8.50. The molecule has 94 valence electrons. The normalized spacial score (nSPS) is 13.1. The second-order valence-corrected chi connectivity index (χ2v) is 3.67. The minimum absolute atomic E-state index is 0.0860. The van der Waals surface area contributed by atoms with Crippen molar-refractivity contribution in [3.63, 3.8) is 0 Å². The average molecular weight is 248 g/mol. The number of aliphatic carboxylic acids is 1. The maximum absolute atomic E-state index is 11.6. The van der Waals surface area contributed by atoms with Crippen LogP contribution >= 0.6 is 0 Å². The molecule has 6 heteroatoms. The lowest BCUT2D eigenvalue weighted by molar-refractivity contribution is -0.161. The van der Waals surface area contributed by atoms with Crippen LogP contribution in [0.15, 0.2) is 30.3 Å². The summed E-state index contributed by atoms with van der Waals surface area (Å²) in [6.45, 7) is -0.0860. The Morgan fingerprint density at radius 2 is 2.00 bits per heavy atom. The Morgan fingerprint density at radius 3 is 2.50 bits per heavy atom. The summed E-state index contributed by atoms with van der Waals surface area (Å²) in [5.41, 5.74) is 3.75. The Kier molecular flexibility index (Phi) is 4.40. The second kappa shape index (κ2) is 5.80. The quantitative estimate of drug-likeness (QED) is 0.576. The Labute approximate surface area is 104 Å². The summed E-state index contributed by atoms with van der Waals surface area (Å²) in [4.78, 5) is 22.5. The zero-order chi connectivity index (χ0) is 13.6. The predicted octanol–water partition coefficient (Wildman–Crippen LogP) is 0.426. The predicted molar refractivity (Wildman–Crippen MR) is 61.0 cm³/mol. The first-order valence-electron chi connectivity index (χ1n) is 5.11. The molecule has 0 aliphatic rings. The maximum Gasteiger partial charge on any atom is 0.339 e. The fourth-order valence-corrected chi connectivity index (χ4v) is 1.21. The van der Waals surface area contributed by atoms with Crippen LogP contribution in [0.4, 0.5) is 0 Å². The van der Waals surface area contributed by atoms with E-state index in [0.717, 1.165) is 0 Å². The number of hydrogen-bond acceptors (Lipinski definition) is 5. The number of esters is 1. The van der Waals surface area contributed by atoms with E-state index in [0.29, 0.717) is 5.56 Å². The average Bonchev–Trinajstić information content (AvgIpc) is 2.37. The topological polar surface area (TPSA) is 113 Å².